The number of hydrogen-bond donors (Lipinski definition) is 1. The van der Waals surface area contributed by atoms with Crippen LogP contribution < -0.4 is 4.74 Å². The maximum atomic E-state index is 12.5. The predicted octanol–water partition coefficient (Wildman–Crippen LogP) is 1.45. The first-order chi connectivity index (χ1) is 11.6. The molecule has 1 fully saturated rings. The Labute approximate surface area is 137 Å². The average Bonchev–Trinajstić information content (AvgIpc) is 3.20. The zero-order chi connectivity index (χ0) is 16.7. The number of amides is 1. The summed E-state index contributed by atoms with van der Waals surface area (Å²) in [4.78, 5) is 26.2. The number of fused-ring (bicyclic) bond motifs is 2. The summed E-state index contributed by atoms with van der Waals surface area (Å²) in [6.45, 7) is 0.730. The molecule has 0 unspecified atom stereocenters. The number of carboxylic acids is 1. The number of ether oxygens (including phenoxy) is 1. The number of aromatic nitrogens is 1. The first kappa shape index (κ1) is 14.7. The minimum Gasteiger partial charge on any atom is -0.493 e. The number of rotatable bonds is 2. The van der Waals surface area contributed by atoms with Gasteiger partial charge in [-0.05, 0) is 18.1 Å². The summed E-state index contributed by atoms with van der Waals surface area (Å²) < 4.78 is 10.5. The fourth-order valence-electron chi connectivity index (χ4n) is 3.67. The first-order valence-electron chi connectivity index (χ1n) is 7.74. The highest BCUT2D eigenvalue weighted by Gasteiger charge is 2.55. The molecule has 1 aromatic heterocycles. The molecule has 2 atom stereocenters. The van der Waals surface area contributed by atoms with Gasteiger partial charge in [0.1, 0.15) is 12.0 Å². The van der Waals surface area contributed by atoms with Crippen molar-refractivity contribution in [2.45, 2.75) is 6.42 Å². The molecule has 7 heteroatoms. The van der Waals surface area contributed by atoms with E-state index in [2.05, 4.69) is 5.16 Å². The number of carbonyl (C=O) groups is 2. The fourth-order valence-corrected chi connectivity index (χ4v) is 3.67. The molecule has 24 heavy (non-hydrogen) atoms. The van der Waals surface area contributed by atoms with Crippen LogP contribution in [0.3, 0.4) is 0 Å². The van der Waals surface area contributed by atoms with E-state index in [-0.39, 0.29) is 30.7 Å². The maximum Gasteiger partial charge on any atom is 0.312 e. The molecular weight excluding hydrogens is 312 g/mol. The Kier molecular flexibility index (Phi) is 3.30. The van der Waals surface area contributed by atoms with Crippen LogP contribution in [0.1, 0.15) is 16.1 Å². The number of para-hydroxylation sites is 1. The van der Waals surface area contributed by atoms with Crippen LogP contribution in [0.5, 0.6) is 5.75 Å². The number of likely N-dealkylation sites (tertiary alicyclic amines) is 1. The Morgan fingerprint density at radius 3 is 2.88 bits per heavy atom. The van der Waals surface area contributed by atoms with Crippen LogP contribution in [0.15, 0.2) is 41.1 Å². The van der Waals surface area contributed by atoms with Gasteiger partial charge in [-0.3, -0.25) is 9.59 Å². The highest BCUT2D eigenvalue weighted by Crippen LogP contribution is 2.44. The molecule has 7 nitrogen and oxygen atoms in total. The van der Waals surface area contributed by atoms with Crippen LogP contribution >= 0.6 is 0 Å². The lowest BCUT2D eigenvalue weighted by Crippen LogP contribution is -2.42. The number of carbonyl (C=O) groups excluding carboxylic acids is 1. The van der Waals surface area contributed by atoms with Gasteiger partial charge in [0.2, 0.25) is 0 Å². The summed E-state index contributed by atoms with van der Waals surface area (Å²) in [5, 5.41) is 13.6. The monoisotopic (exact) mass is 328 g/mol. The van der Waals surface area contributed by atoms with Crippen LogP contribution in [0.4, 0.5) is 0 Å². The van der Waals surface area contributed by atoms with E-state index < -0.39 is 11.4 Å². The zero-order valence-corrected chi connectivity index (χ0v) is 12.8. The largest absolute Gasteiger partial charge is 0.493 e. The van der Waals surface area contributed by atoms with Crippen LogP contribution in [0.25, 0.3) is 0 Å². The van der Waals surface area contributed by atoms with E-state index in [9.17, 15) is 14.7 Å². The van der Waals surface area contributed by atoms with Crippen molar-refractivity contribution in [3.8, 4) is 5.75 Å². The molecular formula is C17H16N2O5. The second kappa shape index (κ2) is 5.36. The van der Waals surface area contributed by atoms with Crippen molar-refractivity contribution in [2.24, 2.45) is 11.3 Å². The molecule has 0 bridgehead atoms. The van der Waals surface area contributed by atoms with Crippen molar-refractivity contribution in [3.05, 3.63) is 47.9 Å². The Hall–Kier alpha value is -2.83. The van der Waals surface area contributed by atoms with Gasteiger partial charge in [-0.2, -0.15) is 0 Å². The van der Waals surface area contributed by atoms with Gasteiger partial charge in [-0.15, -0.1) is 0 Å². The van der Waals surface area contributed by atoms with Crippen molar-refractivity contribution in [1.29, 1.82) is 0 Å². The molecule has 1 saturated heterocycles. The standard InChI is InChI=1S/C17H16N2O5/c20-15(13-5-6-24-18-13)19-8-12-9-23-14-4-2-1-3-11(14)7-17(12,10-19)16(21)22/h1-6,12H,7-10H2,(H,21,22)/t12-,17+/m0/s1. The molecule has 0 spiro atoms. The topological polar surface area (TPSA) is 92.9 Å². The lowest BCUT2D eigenvalue weighted by molar-refractivity contribution is -0.150. The SMILES string of the molecule is O=C(c1ccon1)N1C[C@H]2COc3ccccc3C[C@@]2(C(=O)O)C1. The molecule has 0 radical (unpaired) electrons. The number of carboxylic acid groups (broad SMARTS) is 1. The second-order valence-electron chi connectivity index (χ2n) is 6.32. The summed E-state index contributed by atoms with van der Waals surface area (Å²) in [5.74, 6) is -0.769. The van der Waals surface area contributed by atoms with Gasteiger partial charge in [-0.25, -0.2) is 0 Å². The Balaban J connectivity index is 1.68. The molecule has 0 aliphatic carbocycles. The summed E-state index contributed by atoms with van der Waals surface area (Å²) in [5.41, 5.74) is -0.00196. The lowest BCUT2D eigenvalue weighted by atomic mass is 9.74. The minimum absolute atomic E-state index is 0.135. The van der Waals surface area contributed by atoms with E-state index in [1.165, 1.54) is 17.2 Å². The smallest absolute Gasteiger partial charge is 0.312 e. The first-order valence-corrected chi connectivity index (χ1v) is 7.74. The van der Waals surface area contributed by atoms with Crippen molar-refractivity contribution in [1.82, 2.24) is 10.1 Å². The predicted molar refractivity (Wildman–Crippen MR) is 81.6 cm³/mol. The molecule has 2 aliphatic heterocycles. The van der Waals surface area contributed by atoms with Gasteiger partial charge in [0.15, 0.2) is 5.69 Å². The average molecular weight is 328 g/mol. The van der Waals surface area contributed by atoms with E-state index in [1.54, 1.807) is 0 Å². The number of aliphatic carboxylic acids is 1. The van der Waals surface area contributed by atoms with Crippen LogP contribution in [0.2, 0.25) is 0 Å². The van der Waals surface area contributed by atoms with Gasteiger partial charge >= 0.3 is 5.97 Å². The van der Waals surface area contributed by atoms with E-state index in [1.807, 2.05) is 24.3 Å². The number of nitrogens with zero attached hydrogens (tertiary/aromatic N) is 2. The van der Waals surface area contributed by atoms with E-state index >= 15 is 0 Å². The van der Waals surface area contributed by atoms with Crippen LogP contribution in [0, 0.1) is 11.3 Å². The third-order valence-corrected chi connectivity index (χ3v) is 4.98. The van der Waals surface area contributed by atoms with Crippen molar-refractivity contribution in [3.63, 3.8) is 0 Å². The summed E-state index contributed by atoms with van der Waals surface area (Å²) in [6, 6.07) is 8.95. The Morgan fingerprint density at radius 1 is 1.29 bits per heavy atom. The molecule has 1 amide bonds. The van der Waals surface area contributed by atoms with Gasteiger partial charge < -0.3 is 19.3 Å². The molecule has 2 aromatic rings. The molecule has 2 aliphatic rings. The highest BCUT2D eigenvalue weighted by molar-refractivity contribution is 5.93. The van der Waals surface area contributed by atoms with Crippen LogP contribution in [-0.4, -0.2) is 46.7 Å². The van der Waals surface area contributed by atoms with Gasteiger partial charge in [0.25, 0.3) is 5.91 Å². The van der Waals surface area contributed by atoms with E-state index in [4.69, 9.17) is 9.26 Å². The highest BCUT2D eigenvalue weighted by atomic mass is 16.5. The van der Waals surface area contributed by atoms with Crippen molar-refractivity contribution >= 4 is 11.9 Å². The Morgan fingerprint density at radius 2 is 2.12 bits per heavy atom. The zero-order valence-electron chi connectivity index (χ0n) is 12.8. The molecule has 1 aromatic carbocycles. The fraction of sp³-hybridized carbons (Fsp3) is 0.353. The van der Waals surface area contributed by atoms with Crippen molar-refractivity contribution < 1.29 is 24.0 Å². The molecule has 0 saturated carbocycles. The molecule has 1 N–H and O–H groups in total. The van der Waals surface area contributed by atoms with Crippen molar-refractivity contribution in [2.75, 3.05) is 19.7 Å². The van der Waals surface area contributed by atoms with Gasteiger partial charge in [0.05, 0.1) is 12.0 Å². The van der Waals surface area contributed by atoms with Gasteiger partial charge in [0, 0.05) is 25.1 Å². The number of benzene rings is 1. The quantitative estimate of drug-likeness (QED) is 0.897. The van der Waals surface area contributed by atoms with E-state index in [0.717, 1.165) is 11.3 Å². The maximum absolute atomic E-state index is 12.5. The Bertz CT molecular complexity index is 788. The summed E-state index contributed by atoms with van der Waals surface area (Å²) in [6.07, 6.45) is 1.67. The van der Waals surface area contributed by atoms with Gasteiger partial charge in [-0.1, -0.05) is 23.4 Å². The third kappa shape index (κ3) is 2.16. The molecule has 3 heterocycles. The number of hydrogen-bond acceptors (Lipinski definition) is 5. The minimum atomic E-state index is -1.05. The summed E-state index contributed by atoms with van der Waals surface area (Å²) >= 11 is 0. The molecule has 4 rings (SSSR count). The molecule has 124 valence electrons. The van der Waals surface area contributed by atoms with Crippen LogP contribution in [-0.2, 0) is 11.2 Å². The third-order valence-electron chi connectivity index (χ3n) is 4.98. The lowest BCUT2D eigenvalue weighted by Gasteiger charge is -2.27. The summed E-state index contributed by atoms with van der Waals surface area (Å²) in [7, 11) is 0. The normalized spacial score (nSPS) is 25.3. The van der Waals surface area contributed by atoms with E-state index in [0.29, 0.717) is 13.0 Å². The second-order valence-corrected chi connectivity index (χ2v) is 6.32.